The van der Waals surface area contributed by atoms with Crippen LogP contribution in [0.2, 0.25) is 0 Å². The quantitative estimate of drug-likeness (QED) is 0.213. The maximum Gasteiger partial charge on any atom is 0.143 e. The molecule has 6 heteroatoms. The smallest absolute Gasteiger partial charge is 0.143 e. The van der Waals surface area contributed by atoms with Crippen molar-refractivity contribution in [2.45, 2.75) is 30.3 Å². The third-order valence-electron chi connectivity index (χ3n) is 7.62. The van der Waals surface area contributed by atoms with Crippen LogP contribution in [0.3, 0.4) is 0 Å². The summed E-state index contributed by atoms with van der Waals surface area (Å²) in [6.07, 6.45) is -1.18. The number of furan rings is 1. The van der Waals surface area contributed by atoms with Crippen molar-refractivity contribution in [2.24, 2.45) is 0 Å². The number of hydrogen-bond acceptors (Lipinski definition) is 6. The molecule has 1 aliphatic rings. The highest BCUT2D eigenvalue weighted by Gasteiger charge is 2.42. The first kappa shape index (κ1) is 26.1. The molecule has 0 saturated carbocycles. The predicted molar refractivity (Wildman–Crippen MR) is 153 cm³/mol. The molecule has 40 heavy (non-hydrogen) atoms. The highest BCUT2D eigenvalue weighted by atomic mass is 16.6. The van der Waals surface area contributed by atoms with Gasteiger partial charge < -0.3 is 28.5 Å². The van der Waals surface area contributed by atoms with Crippen molar-refractivity contribution < 1.29 is 28.5 Å². The number of para-hydroxylation sites is 1. The van der Waals surface area contributed by atoms with Crippen molar-refractivity contribution in [1.82, 2.24) is 0 Å². The highest BCUT2D eigenvalue weighted by molar-refractivity contribution is 5.77. The molecule has 0 unspecified atom stereocenters. The molecule has 6 rings (SSSR count). The zero-order valence-corrected chi connectivity index (χ0v) is 22.5. The zero-order chi connectivity index (χ0) is 27.5. The molecule has 0 radical (unpaired) electrons. The Labute approximate surface area is 233 Å². The van der Waals surface area contributed by atoms with Crippen molar-refractivity contribution >= 4 is 11.0 Å². The summed E-state index contributed by atoms with van der Waals surface area (Å²) in [4.78, 5) is 0. The van der Waals surface area contributed by atoms with Crippen LogP contribution >= 0.6 is 0 Å². The van der Waals surface area contributed by atoms with Crippen LogP contribution in [-0.4, -0.2) is 38.1 Å². The number of aliphatic hydroxyl groups is 1. The molecule has 204 valence electrons. The van der Waals surface area contributed by atoms with Gasteiger partial charge in [-0.2, -0.15) is 0 Å². The summed E-state index contributed by atoms with van der Waals surface area (Å²) in [6.45, 7) is 0.158. The Morgan fingerprint density at radius 3 is 1.93 bits per heavy atom. The standard InChI is InChI=1S/C34H32O6/c1-36-27-16-12-25(13-17-27)34(24-9-4-3-5-10-24,26-14-18-28(37-2)19-15-26)38-22-33-29(35)21-32(40-33)31-20-23-8-6-7-11-30(23)39-31/h3-20,29,32-33,35H,21-22H2,1-2H3/t29-,32+,33+/m0/s1. The molecule has 1 fully saturated rings. The second-order valence-electron chi connectivity index (χ2n) is 9.97. The van der Waals surface area contributed by atoms with Crippen LogP contribution in [0.5, 0.6) is 11.5 Å². The van der Waals surface area contributed by atoms with Crippen molar-refractivity contribution in [1.29, 1.82) is 0 Å². The SMILES string of the molecule is COc1ccc(C(OC[C@H]2O[C@@H](c3cc4ccccc4o3)C[C@@H]2O)(c2ccccc2)c2ccc(OC)cc2)cc1. The van der Waals surface area contributed by atoms with Crippen LogP contribution in [0, 0.1) is 0 Å². The Hall–Kier alpha value is -4.10. The van der Waals surface area contributed by atoms with Crippen LogP contribution in [-0.2, 0) is 15.1 Å². The Bertz CT molecular complexity index is 1460. The summed E-state index contributed by atoms with van der Waals surface area (Å²) in [7, 11) is 3.30. The van der Waals surface area contributed by atoms with Gasteiger partial charge in [0.15, 0.2) is 0 Å². The van der Waals surface area contributed by atoms with Gasteiger partial charge in [0.25, 0.3) is 0 Å². The number of fused-ring (bicyclic) bond motifs is 1. The number of ether oxygens (including phenoxy) is 4. The fourth-order valence-corrected chi connectivity index (χ4v) is 5.50. The molecule has 4 aromatic carbocycles. The lowest BCUT2D eigenvalue weighted by Crippen LogP contribution is -2.38. The third kappa shape index (κ3) is 4.86. The van der Waals surface area contributed by atoms with Crippen LogP contribution in [0.1, 0.15) is 35.0 Å². The first-order valence-electron chi connectivity index (χ1n) is 13.4. The molecular formula is C34H32O6. The van der Waals surface area contributed by atoms with Gasteiger partial charge in [-0.25, -0.2) is 0 Å². The maximum atomic E-state index is 11.1. The fraction of sp³-hybridized carbons (Fsp3) is 0.235. The maximum absolute atomic E-state index is 11.1. The molecule has 3 atom stereocenters. The molecule has 2 heterocycles. The summed E-state index contributed by atoms with van der Waals surface area (Å²) in [5, 5.41) is 12.1. The third-order valence-corrected chi connectivity index (χ3v) is 7.62. The minimum atomic E-state index is -0.986. The van der Waals surface area contributed by atoms with Crippen LogP contribution in [0.15, 0.2) is 114 Å². The summed E-state index contributed by atoms with van der Waals surface area (Å²) in [5.41, 5.74) is 2.61. The van der Waals surface area contributed by atoms with Crippen LogP contribution in [0.25, 0.3) is 11.0 Å². The summed E-state index contributed by atoms with van der Waals surface area (Å²) in [5.74, 6) is 2.22. The first-order valence-corrected chi connectivity index (χ1v) is 13.4. The van der Waals surface area contributed by atoms with Crippen molar-refractivity contribution in [2.75, 3.05) is 20.8 Å². The molecule has 1 aliphatic heterocycles. The van der Waals surface area contributed by atoms with Gasteiger partial charge in [0, 0.05) is 11.8 Å². The van der Waals surface area contributed by atoms with E-state index >= 15 is 0 Å². The number of hydrogen-bond donors (Lipinski definition) is 1. The van der Waals surface area contributed by atoms with E-state index in [1.54, 1.807) is 14.2 Å². The Balaban J connectivity index is 1.36. The first-order chi connectivity index (χ1) is 19.6. The van der Waals surface area contributed by atoms with Gasteiger partial charge in [-0.1, -0.05) is 72.8 Å². The minimum Gasteiger partial charge on any atom is -0.497 e. The van der Waals surface area contributed by atoms with Gasteiger partial charge >= 0.3 is 0 Å². The Kier molecular flexibility index (Phi) is 7.30. The molecule has 1 aromatic heterocycles. The van der Waals surface area contributed by atoms with Crippen molar-refractivity contribution in [3.05, 3.63) is 132 Å². The average Bonchev–Trinajstić information content (AvgIpc) is 3.62. The Morgan fingerprint density at radius 1 is 0.750 bits per heavy atom. The zero-order valence-electron chi connectivity index (χ0n) is 22.5. The van der Waals surface area contributed by atoms with E-state index in [2.05, 4.69) is 12.1 Å². The van der Waals surface area contributed by atoms with Crippen LogP contribution < -0.4 is 9.47 Å². The molecule has 0 spiro atoms. The van der Waals surface area contributed by atoms with E-state index in [0.29, 0.717) is 12.2 Å². The average molecular weight is 537 g/mol. The van der Waals surface area contributed by atoms with Gasteiger partial charge in [-0.3, -0.25) is 0 Å². The lowest BCUT2D eigenvalue weighted by Gasteiger charge is -2.37. The van der Waals surface area contributed by atoms with Gasteiger partial charge in [0.1, 0.15) is 40.7 Å². The van der Waals surface area contributed by atoms with E-state index in [-0.39, 0.29) is 12.7 Å². The largest absolute Gasteiger partial charge is 0.497 e. The number of aliphatic hydroxyl groups excluding tert-OH is 1. The van der Waals surface area contributed by atoms with Gasteiger partial charge in [-0.05, 0) is 53.1 Å². The predicted octanol–water partition coefficient (Wildman–Crippen LogP) is 6.65. The molecule has 5 aromatic rings. The topological polar surface area (TPSA) is 70.3 Å². The van der Waals surface area contributed by atoms with Gasteiger partial charge in [0.2, 0.25) is 0 Å². The summed E-state index contributed by atoms with van der Waals surface area (Å²) >= 11 is 0. The molecule has 0 aliphatic carbocycles. The summed E-state index contributed by atoms with van der Waals surface area (Å²) < 4.78 is 30.2. The fourth-order valence-electron chi connectivity index (χ4n) is 5.50. The lowest BCUT2D eigenvalue weighted by atomic mass is 9.80. The van der Waals surface area contributed by atoms with E-state index in [1.165, 1.54) is 0 Å². The van der Waals surface area contributed by atoms with Gasteiger partial charge in [-0.15, -0.1) is 0 Å². The second-order valence-corrected chi connectivity index (χ2v) is 9.97. The normalized spacial score (nSPS) is 19.1. The molecule has 1 N–H and O–H groups in total. The molecule has 0 bridgehead atoms. The molecule has 0 amide bonds. The van der Waals surface area contributed by atoms with Crippen molar-refractivity contribution in [3.63, 3.8) is 0 Å². The van der Waals surface area contributed by atoms with E-state index < -0.39 is 17.8 Å². The van der Waals surface area contributed by atoms with E-state index in [0.717, 1.165) is 39.2 Å². The second kappa shape index (κ2) is 11.2. The van der Waals surface area contributed by atoms with Crippen molar-refractivity contribution in [3.8, 4) is 11.5 Å². The number of benzene rings is 4. The van der Waals surface area contributed by atoms with Gasteiger partial charge in [0.05, 0.1) is 26.9 Å². The number of rotatable bonds is 9. The molecular weight excluding hydrogens is 504 g/mol. The summed E-state index contributed by atoms with van der Waals surface area (Å²) in [6, 6.07) is 35.7. The highest BCUT2D eigenvalue weighted by Crippen LogP contribution is 2.43. The van der Waals surface area contributed by atoms with Crippen LogP contribution in [0.4, 0.5) is 0 Å². The van der Waals surface area contributed by atoms with E-state index in [9.17, 15) is 5.11 Å². The monoisotopic (exact) mass is 536 g/mol. The number of methoxy groups -OCH3 is 2. The molecule has 6 nitrogen and oxygen atoms in total. The lowest BCUT2D eigenvalue weighted by molar-refractivity contribution is -0.0849. The Morgan fingerprint density at radius 2 is 1.32 bits per heavy atom. The van der Waals surface area contributed by atoms with E-state index in [1.807, 2.05) is 97.1 Å². The molecule has 1 saturated heterocycles. The minimum absolute atomic E-state index is 0.158. The van der Waals surface area contributed by atoms with E-state index in [4.69, 9.17) is 23.4 Å².